The SMILES string of the molecule is NC1CCCCC1NC(=O)c1ccc(N2CCCOC2=O)cc1. The molecule has 6 heteroatoms. The van der Waals surface area contributed by atoms with Crippen LogP contribution in [0.25, 0.3) is 0 Å². The number of hydrogen-bond acceptors (Lipinski definition) is 4. The lowest BCUT2D eigenvalue weighted by atomic mass is 9.91. The Bertz CT molecular complexity index is 573. The van der Waals surface area contributed by atoms with Crippen molar-refractivity contribution in [3.05, 3.63) is 29.8 Å². The molecule has 0 spiro atoms. The highest BCUT2D eigenvalue weighted by molar-refractivity contribution is 5.95. The molecule has 1 aliphatic heterocycles. The minimum Gasteiger partial charge on any atom is -0.449 e. The second-order valence-corrected chi connectivity index (χ2v) is 6.19. The second-order valence-electron chi connectivity index (χ2n) is 6.19. The van der Waals surface area contributed by atoms with Gasteiger partial charge in [0.25, 0.3) is 5.91 Å². The molecule has 2 atom stereocenters. The highest BCUT2D eigenvalue weighted by atomic mass is 16.6. The average molecular weight is 317 g/mol. The molecule has 1 saturated carbocycles. The molecule has 23 heavy (non-hydrogen) atoms. The first kappa shape index (κ1) is 15.8. The number of hydrogen-bond donors (Lipinski definition) is 2. The Morgan fingerprint density at radius 1 is 1.17 bits per heavy atom. The van der Waals surface area contributed by atoms with Gasteiger partial charge in [-0.2, -0.15) is 0 Å². The van der Waals surface area contributed by atoms with Crippen LogP contribution in [0, 0.1) is 0 Å². The van der Waals surface area contributed by atoms with E-state index in [0.717, 1.165) is 37.8 Å². The number of cyclic esters (lactones) is 1. The van der Waals surface area contributed by atoms with Gasteiger partial charge in [0, 0.05) is 29.9 Å². The van der Waals surface area contributed by atoms with Crippen molar-refractivity contribution in [2.75, 3.05) is 18.1 Å². The summed E-state index contributed by atoms with van der Waals surface area (Å²) in [5.74, 6) is -0.111. The van der Waals surface area contributed by atoms with E-state index in [2.05, 4.69) is 5.32 Å². The average Bonchev–Trinajstić information content (AvgIpc) is 2.57. The van der Waals surface area contributed by atoms with Gasteiger partial charge in [0.15, 0.2) is 0 Å². The maximum Gasteiger partial charge on any atom is 0.414 e. The molecule has 0 radical (unpaired) electrons. The number of nitrogens with one attached hydrogen (secondary N) is 1. The first-order chi connectivity index (χ1) is 11.1. The van der Waals surface area contributed by atoms with Crippen molar-refractivity contribution in [2.45, 2.75) is 44.2 Å². The number of carbonyl (C=O) groups excluding carboxylic acids is 2. The minimum atomic E-state index is -0.332. The molecule has 2 unspecified atom stereocenters. The van der Waals surface area contributed by atoms with Gasteiger partial charge in [-0.3, -0.25) is 9.69 Å². The van der Waals surface area contributed by atoms with Crippen molar-refractivity contribution >= 4 is 17.7 Å². The third kappa shape index (κ3) is 3.64. The van der Waals surface area contributed by atoms with Crippen LogP contribution < -0.4 is 16.0 Å². The molecule has 6 nitrogen and oxygen atoms in total. The Morgan fingerprint density at radius 2 is 1.91 bits per heavy atom. The highest BCUT2D eigenvalue weighted by Crippen LogP contribution is 2.20. The summed E-state index contributed by atoms with van der Waals surface area (Å²) < 4.78 is 5.03. The number of ether oxygens (including phenoxy) is 1. The lowest BCUT2D eigenvalue weighted by Crippen LogP contribution is -2.49. The molecular formula is C17H23N3O3. The molecule has 1 saturated heterocycles. The third-order valence-electron chi connectivity index (χ3n) is 4.55. The van der Waals surface area contributed by atoms with E-state index in [9.17, 15) is 9.59 Å². The Labute approximate surface area is 136 Å². The number of rotatable bonds is 3. The Kier molecular flexibility index (Phi) is 4.81. The highest BCUT2D eigenvalue weighted by Gasteiger charge is 2.24. The fourth-order valence-electron chi connectivity index (χ4n) is 3.17. The quantitative estimate of drug-likeness (QED) is 0.893. The molecule has 0 aromatic heterocycles. The van der Waals surface area contributed by atoms with Crippen LogP contribution in [-0.2, 0) is 4.74 Å². The van der Waals surface area contributed by atoms with Gasteiger partial charge in [-0.15, -0.1) is 0 Å². The molecule has 2 amide bonds. The van der Waals surface area contributed by atoms with Crippen LogP contribution in [0.2, 0.25) is 0 Å². The van der Waals surface area contributed by atoms with Crippen molar-refractivity contribution in [3.63, 3.8) is 0 Å². The van der Waals surface area contributed by atoms with E-state index in [1.165, 1.54) is 0 Å². The first-order valence-electron chi connectivity index (χ1n) is 8.26. The van der Waals surface area contributed by atoms with Crippen molar-refractivity contribution in [3.8, 4) is 0 Å². The molecule has 1 heterocycles. The predicted molar refractivity (Wildman–Crippen MR) is 87.5 cm³/mol. The number of nitrogens with zero attached hydrogens (tertiary/aromatic N) is 1. The van der Waals surface area contributed by atoms with Crippen molar-refractivity contribution < 1.29 is 14.3 Å². The Morgan fingerprint density at radius 3 is 2.61 bits per heavy atom. The monoisotopic (exact) mass is 317 g/mol. The summed E-state index contributed by atoms with van der Waals surface area (Å²) in [6.07, 6.45) is 4.61. The van der Waals surface area contributed by atoms with Gasteiger partial charge in [0.2, 0.25) is 0 Å². The molecule has 1 aromatic carbocycles. The van der Waals surface area contributed by atoms with E-state index < -0.39 is 0 Å². The zero-order valence-corrected chi connectivity index (χ0v) is 13.2. The molecular weight excluding hydrogens is 294 g/mol. The van der Waals surface area contributed by atoms with Crippen LogP contribution >= 0.6 is 0 Å². The maximum absolute atomic E-state index is 12.3. The summed E-state index contributed by atoms with van der Waals surface area (Å²) >= 11 is 0. The van der Waals surface area contributed by atoms with Crippen LogP contribution in [0.4, 0.5) is 10.5 Å². The van der Waals surface area contributed by atoms with Gasteiger partial charge in [-0.05, 0) is 43.5 Å². The third-order valence-corrected chi connectivity index (χ3v) is 4.55. The van der Waals surface area contributed by atoms with Crippen LogP contribution in [0.5, 0.6) is 0 Å². The molecule has 124 valence electrons. The van der Waals surface area contributed by atoms with E-state index in [4.69, 9.17) is 10.5 Å². The van der Waals surface area contributed by atoms with Crippen LogP contribution in [0.1, 0.15) is 42.5 Å². The standard InChI is InChI=1S/C17H23N3O3/c18-14-4-1-2-5-15(14)19-16(21)12-6-8-13(9-7-12)20-10-3-11-23-17(20)22/h6-9,14-15H,1-5,10-11,18H2,(H,19,21). The summed E-state index contributed by atoms with van der Waals surface area (Å²) in [4.78, 5) is 25.6. The van der Waals surface area contributed by atoms with E-state index in [0.29, 0.717) is 18.7 Å². The van der Waals surface area contributed by atoms with Crippen molar-refractivity contribution in [2.24, 2.45) is 5.73 Å². The molecule has 2 aliphatic rings. The van der Waals surface area contributed by atoms with Gasteiger partial charge < -0.3 is 15.8 Å². The van der Waals surface area contributed by atoms with Gasteiger partial charge in [-0.1, -0.05) is 12.8 Å². The zero-order chi connectivity index (χ0) is 16.2. The fraction of sp³-hybridized carbons (Fsp3) is 0.529. The van der Waals surface area contributed by atoms with E-state index >= 15 is 0 Å². The summed E-state index contributed by atoms with van der Waals surface area (Å²) in [6, 6.07) is 7.12. The van der Waals surface area contributed by atoms with E-state index in [1.54, 1.807) is 29.2 Å². The largest absolute Gasteiger partial charge is 0.449 e. The van der Waals surface area contributed by atoms with Gasteiger partial charge in [0.05, 0.1) is 6.61 Å². The summed E-state index contributed by atoms with van der Waals surface area (Å²) in [6.45, 7) is 1.11. The number of amides is 2. The smallest absolute Gasteiger partial charge is 0.414 e. The zero-order valence-electron chi connectivity index (χ0n) is 13.2. The van der Waals surface area contributed by atoms with E-state index in [-0.39, 0.29) is 24.1 Å². The molecule has 2 fully saturated rings. The number of nitrogens with two attached hydrogens (primary N) is 1. The van der Waals surface area contributed by atoms with Crippen LogP contribution in [-0.4, -0.2) is 37.2 Å². The normalized spacial score (nSPS) is 24.9. The van der Waals surface area contributed by atoms with Crippen molar-refractivity contribution in [1.29, 1.82) is 0 Å². The topological polar surface area (TPSA) is 84.7 Å². The lowest BCUT2D eigenvalue weighted by molar-refractivity contribution is 0.0921. The molecule has 3 N–H and O–H groups in total. The predicted octanol–water partition coefficient (Wildman–Crippen LogP) is 2.03. The summed E-state index contributed by atoms with van der Waals surface area (Å²) in [5, 5.41) is 3.02. The number of anilines is 1. The van der Waals surface area contributed by atoms with Crippen LogP contribution in [0.15, 0.2) is 24.3 Å². The Balaban J connectivity index is 1.64. The Hall–Kier alpha value is -2.08. The lowest BCUT2D eigenvalue weighted by Gasteiger charge is -2.29. The number of carbonyl (C=O) groups is 2. The molecule has 3 rings (SSSR count). The second kappa shape index (κ2) is 7.00. The summed E-state index contributed by atoms with van der Waals surface area (Å²) in [5.41, 5.74) is 7.40. The summed E-state index contributed by atoms with van der Waals surface area (Å²) in [7, 11) is 0. The van der Waals surface area contributed by atoms with Crippen molar-refractivity contribution in [1.82, 2.24) is 5.32 Å². The minimum absolute atomic E-state index is 0.0371. The molecule has 1 aliphatic carbocycles. The number of benzene rings is 1. The first-order valence-corrected chi connectivity index (χ1v) is 8.26. The van der Waals surface area contributed by atoms with Gasteiger partial charge >= 0.3 is 6.09 Å². The van der Waals surface area contributed by atoms with Gasteiger partial charge in [-0.25, -0.2) is 4.79 Å². The maximum atomic E-state index is 12.3. The van der Waals surface area contributed by atoms with Gasteiger partial charge in [0.1, 0.15) is 0 Å². The van der Waals surface area contributed by atoms with E-state index in [1.807, 2.05) is 0 Å². The fourth-order valence-corrected chi connectivity index (χ4v) is 3.17. The molecule has 0 bridgehead atoms. The van der Waals surface area contributed by atoms with Crippen LogP contribution in [0.3, 0.4) is 0 Å². The molecule has 1 aromatic rings.